The first-order valence-corrected chi connectivity index (χ1v) is 11.6. The number of likely N-dealkylation sites (tertiary alicyclic amines) is 1. The molecule has 4 rings (SSSR count). The van der Waals surface area contributed by atoms with Crippen LogP contribution < -0.4 is 0 Å². The number of carbonyl (C=O) groups is 2. The van der Waals surface area contributed by atoms with Gasteiger partial charge < -0.3 is 9.30 Å². The van der Waals surface area contributed by atoms with E-state index in [9.17, 15) is 14.9 Å². The van der Waals surface area contributed by atoms with Crippen molar-refractivity contribution in [1.82, 2.24) is 19.4 Å². The molecule has 2 aliphatic rings. The molecule has 2 heterocycles. The van der Waals surface area contributed by atoms with E-state index in [4.69, 9.17) is 4.74 Å². The zero-order chi connectivity index (χ0) is 22.9. The van der Waals surface area contributed by atoms with Gasteiger partial charge in [0.1, 0.15) is 11.6 Å². The highest BCUT2D eigenvalue weighted by Gasteiger charge is 2.46. The molecule has 1 aliphatic carbocycles. The average molecular weight is 454 g/mol. The van der Waals surface area contributed by atoms with E-state index < -0.39 is 17.7 Å². The molecule has 1 saturated heterocycles. The Labute approximate surface area is 192 Å². The van der Waals surface area contributed by atoms with E-state index in [1.807, 2.05) is 41.2 Å². The van der Waals surface area contributed by atoms with Crippen LogP contribution in [0.25, 0.3) is 5.69 Å². The summed E-state index contributed by atoms with van der Waals surface area (Å²) in [6, 6.07) is 7.36. The number of nitrogens with zero attached hydrogens (tertiary/aromatic N) is 5. The van der Waals surface area contributed by atoms with Crippen molar-refractivity contribution >= 4 is 23.8 Å². The Morgan fingerprint density at radius 1 is 1.25 bits per heavy atom. The smallest absolute Gasteiger partial charge is 0.411 e. The summed E-state index contributed by atoms with van der Waals surface area (Å²) in [7, 11) is 0. The van der Waals surface area contributed by atoms with Crippen molar-refractivity contribution in [1.29, 1.82) is 5.26 Å². The highest BCUT2D eigenvalue weighted by atomic mass is 32.2. The predicted octanol–water partition coefficient (Wildman–Crippen LogP) is 3.81. The number of hydrogen-bond acceptors (Lipinski definition) is 6. The van der Waals surface area contributed by atoms with Crippen LogP contribution in [-0.2, 0) is 9.53 Å². The number of aromatic nitrogens is 2. The number of benzene rings is 1. The number of ether oxygens (including phenoxy) is 1. The van der Waals surface area contributed by atoms with Crippen LogP contribution in [0.15, 0.2) is 47.9 Å². The average Bonchev–Trinajstić information content (AvgIpc) is 3.25. The largest absolute Gasteiger partial charge is 0.444 e. The molecule has 2 fully saturated rings. The first kappa shape index (κ1) is 22.2. The van der Waals surface area contributed by atoms with Crippen molar-refractivity contribution in [3.63, 3.8) is 0 Å². The zero-order valence-corrected chi connectivity index (χ0v) is 19.3. The zero-order valence-electron chi connectivity index (χ0n) is 18.5. The maximum absolute atomic E-state index is 13.1. The van der Waals surface area contributed by atoms with Gasteiger partial charge in [-0.3, -0.25) is 9.69 Å². The molecule has 0 bridgehead atoms. The highest BCUT2D eigenvalue weighted by molar-refractivity contribution is 8.00. The maximum atomic E-state index is 13.1. The van der Waals surface area contributed by atoms with Crippen LogP contribution in [0.3, 0.4) is 0 Å². The van der Waals surface area contributed by atoms with Gasteiger partial charge in [-0.25, -0.2) is 14.7 Å². The fourth-order valence-electron chi connectivity index (χ4n) is 3.74. The number of carbonyl (C=O) groups excluding carboxylic acids is 2. The van der Waals surface area contributed by atoms with Gasteiger partial charge in [0.15, 0.2) is 6.19 Å². The van der Waals surface area contributed by atoms with E-state index in [-0.39, 0.29) is 17.2 Å². The molecule has 1 aromatic carbocycles. The fraction of sp³-hybridized carbons (Fsp3) is 0.478. The summed E-state index contributed by atoms with van der Waals surface area (Å²) in [4.78, 5) is 33.9. The molecule has 168 valence electrons. The van der Waals surface area contributed by atoms with Crippen LogP contribution in [0, 0.1) is 11.5 Å². The van der Waals surface area contributed by atoms with Gasteiger partial charge in [-0.05, 0) is 64.3 Å². The van der Waals surface area contributed by atoms with Crippen LogP contribution in [0.4, 0.5) is 4.79 Å². The molecule has 32 heavy (non-hydrogen) atoms. The van der Waals surface area contributed by atoms with E-state index in [0.29, 0.717) is 13.0 Å². The molecule has 0 N–H and O–H groups in total. The second-order valence-electron chi connectivity index (χ2n) is 9.13. The summed E-state index contributed by atoms with van der Waals surface area (Å²) in [5.74, 6) is -0.306. The quantitative estimate of drug-likeness (QED) is 0.505. The maximum Gasteiger partial charge on any atom is 0.411 e. The first-order valence-electron chi connectivity index (χ1n) is 10.7. The van der Waals surface area contributed by atoms with Crippen molar-refractivity contribution in [2.24, 2.45) is 0 Å². The third kappa shape index (κ3) is 5.07. The summed E-state index contributed by atoms with van der Waals surface area (Å²) in [6.07, 6.45) is 9.02. The molecule has 1 aromatic heterocycles. The second kappa shape index (κ2) is 8.87. The Bertz CT molecular complexity index is 1010. The van der Waals surface area contributed by atoms with Crippen LogP contribution >= 0.6 is 11.8 Å². The monoisotopic (exact) mass is 453 g/mol. The van der Waals surface area contributed by atoms with Gasteiger partial charge in [-0.1, -0.05) is 0 Å². The number of imidazole rings is 1. The van der Waals surface area contributed by atoms with Gasteiger partial charge in [0.25, 0.3) is 5.91 Å². The lowest BCUT2D eigenvalue weighted by Gasteiger charge is -2.29. The van der Waals surface area contributed by atoms with Crippen molar-refractivity contribution in [2.45, 2.75) is 67.9 Å². The molecule has 0 spiro atoms. The van der Waals surface area contributed by atoms with E-state index >= 15 is 0 Å². The van der Waals surface area contributed by atoms with Crippen molar-refractivity contribution < 1.29 is 14.3 Å². The number of nitriles is 1. The Balaban J connectivity index is 1.49. The minimum absolute atomic E-state index is 0.0234. The molecular formula is C23H27N5O3S. The Kier molecular flexibility index (Phi) is 6.15. The normalized spacial score (nSPS) is 20.6. The molecule has 0 radical (unpaired) electrons. The molecule has 2 aromatic rings. The number of amides is 2. The SMILES string of the molecule is CC(C)(C)OC(=O)N1C[C@H](Sc2ccc(-n3ccnc3)cc2)C[C@H]1C(=O)N(C#N)C1CC1. The van der Waals surface area contributed by atoms with E-state index in [1.165, 1.54) is 9.80 Å². The van der Waals surface area contributed by atoms with Crippen molar-refractivity contribution in [3.8, 4) is 11.9 Å². The number of rotatable bonds is 5. The molecule has 2 amide bonds. The summed E-state index contributed by atoms with van der Waals surface area (Å²) in [5.41, 5.74) is 0.348. The van der Waals surface area contributed by atoms with Gasteiger partial charge in [0, 0.05) is 40.8 Å². The summed E-state index contributed by atoms with van der Waals surface area (Å²) in [5, 5.41) is 9.52. The van der Waals surface area contributed by atoms with Crippen LogP contribution in [0.5, 0.6) is 0 Å². The standard InChI is InChI=1S/C23H27N5O3S/c1-23(2,3)31-22(30)27-13-19(12-20(27)21(29)28(14-24)17-4-5-17)32-18-8-6-16(7-9-18)26-11-10-25-15-26/h6-11,15,17,19-20H,4-5,12-13H2,1-3H3/t19-,20+/m1/s1. The van der Waals surface area contributed by atoms with Crippen LogP contribution in [-0.4, -0.2) is 60.8 Å². The second-order valence-corrected chi connectivity index (χ2v) is 10.5. The van der Waals surface area contributed by atoms with Gasteiger partial charge in [-0.2, -0.15) is 5.26 Å². The number of thioether (sulfide) groups is 1. The molecule has 2 atom stereocenters. The fourth-order valence-corrected chi connectivity index (χ4v) is 4.94. The van der Waals surface area contributed by atoms with Crippen molar-refractivity contribution in [2.75, 3.05) is 6.54 Å². The third-order valence-electron chi connectivity index (χ3n) is 5.37. The van der Waals surface area contributed by atoms with E-state index in [2.05, 4.69) is 4.98 Å². The lowest BCUT2D eigenvalue weighted by atomic mass is 10.2. The van der Waals surface area contributed by atoms with Gasteiger partial charge in [-0.15, -0.1) is 11.8 Å². The van der Waals surface area contributed by atoms with E-state index in [1.54, 1.807) is 45.1 Å². The van der Waals surface area contributed by atoms with Gasteiger partial charge in [0.2, 0.25) is 0 Å². The Morgan fingerprint density at radius 2 is 1.97 bits per heavy atom. The lowest BCUT2D eigenvalue weighted by molar-refractivity contribution is -0.133. The first-order chi connectivity index (χ1) is 15.2. The van der Waals surface area contributed by atoms with E-state index in [0.717, 1.165) is 23.4 Å². The molecular weight excluding hydrogens is 426 g/mol. The van der Waals surface area contributed by atoms with Crippen LogP contribution in [0.1, 0.15) is 40.0 Å². The minimum Gasteiger partial charge on any atom is -0.444 e. The molecule has 0 unspecified atom stereocenters. The third-order valence-corrected chi connectivity index (χ3v) is 6.59. The highest BCUT2D eigenvalue weighted by Crippen LogP contribution is 2.36. The van der Waals surface area contributed by atoms with Crippen LogP contribution in [0.2, 0.25) is 0 Å². The summed E-state index contributed by atoms with van der Waals surface area (Å²) >= 11 is 1.63. The summed E-state index contributed by atoms with van der Waals surface area (Å²) < 4.78 is 7.49. The molecule has 1 aliphatic heterocycles. The number of hydrogen-bond donors (Lipinski definition) is 0. The minimum atomic E-state index is -0.687. The van der Waals surface area contributed by atoms with Gasteiger partial charge in [0.05, 0.1) is 6.33 Å². The predicted molar refractivity (Wildman–Crippen MR) is 120 cm³/mol. The molecule has 8 nitrogen and oxygen atoms in total. The Morgan fingerprint density at radius 3 is 2.53 bits per heavy atom. The molecule has 9 heteroatoms. The van der Waals surface area contributed by atoms with Gasteiger partial charge >= 0.3 is 6.09 Å². The summed E-state index contributed by atoms with van der Waals surface area (Å²) in [6.45, 7) is 5.80. The Hall–Kier alpha value is -2.99. The topological polar surface area (TPSA) is 91.5 Å². The molecule has 1 saturated carbocycles. The van der Waals surface area contributed by atoms with Crippen molar-refractivity contribution in [3.05, 3.63) is 43.0 Å². The lowest BCUT2D eigenvalue weighted by Crippen LogP contribution is -2.48.